The van der Waals surface area contributed by atoms with Gasteiger partial charge in [0.05, 0.1) is 17.5 Å². The van der Waals surface area contributed by atoms with Gasteiger partial charge in [-0.15, -0.1) is 0 Å². The van der Waals surface area contributed by atoms with Crippen molar-refractivity contribution in [3.63, 3.8) is 0 Å². The highest BCUT2D eigenvalue weighted by atomic mass is 19.1. The van der Waals surface area contributed by atoms with Crippen LogP contribution in [0.5, 0.6) is 0 Å². The second kappa shape index (κ2) is 7.85. The largest absolute Gasteiger partial charge is 0.376 e. The third-order valence-electron chi connectivity index (χ3n) is 5.48. The highest BCUT2D eigenvalue weighted by Crippen LogP contribution is 2.33. The SMILES string of the molecule is N[C@H]1C[C@@H](C(=O)Nc2ccc(-n3ccccc3=O)cc2F)C[C@@H]1OCC1CC1. The van der Waals surface area contributed by atoms with E-state index in [1.54, 1.807) is 24.4 Å². The summed E-state index contributed by atoms with van der Waals surface area (Å²) in [7, 11) is 0. The van der Waals surface area contributed by atoms with E-state index < -0.39 is 5.82 Å². The highest BCUT2D eigenvalue weighted by Gasteiger charge is 2.37. The number of aromatic nitrogens is 1. The summed E-state index contributed by atoms with van der Waals surface area (Å²) in [5.41, 5.74) is 6.36. The van der Waals surface area contributed by atoms with E-state index in [1.165, 1.54) is 35.6 Å². The molecule has 3 N–H and O–H groups in total. The molecule has 6 nitrogen and oxygen atoms in total. The Morgan fingerprint density at radius 2 is 2.07 bits per heavy atom. The minimum atomic E-state index is -0.592. The second-order valence-corrected chi connectivity index (χ2v) is 7.71. The van der Waals surface area contributed by atoms with Crippen LogP contribution in [-0.2, 0) is 9.53 Å². The number of carbonyl (C=O) groups is 1. The van der Waals surface area contributed by atoms with Crippen LogP contribution in [-0.4, -0.2) is 29.2 Å². The van der Waals surface area contributed by atoms with Crippen molar-refractivity contribution in [2.24, 2.45) is 17.6 Å². The Bertz CT molecular complexity index is 925. The molecule has 0 spiro atoms. The number of pyridine rings is 1. The van der Waals surface area contributed by atoms with Gasteiger partial charge in [0.2, 0.25) is 5.91 Å². The summed E-state index contributed by atoms with van der Waals surface area (Å²) < 4.78 is 21.7. The van der Waals surface area contributed by atoms with Crippen LogP contribution in [0.2, 0.25) is 0 Å². The molecule has 1 aromatic carbocycles. The Kier molecular flexibility index (Phi) is 5.28. The van der Waals surface area contributed by atoms with Crippen LogP contribution < -0.4 is 16.6 Å². The number of nitrogens with zero attached hydrogens (tertiary/aromatic N) is 1. The fraction of sp³-hybridized carbons (Fsp3) is 0.429. The number of hydrogen-bond donors (Lipinski definition) is 2. The maximum atomic E-state index is 14.5. The van der Waals surface area contributed by atoms with Crippen LogP contribution in [0, 0.1) is 17.7 Å². The molecule has 0 bridgehead atoms. The van der Waals surface area contributed by atoms with Gasteiger partial charge in [-0.3, -0.25) is 14.2 Å². The summed E-state index contributed by atoms with van der Waals surface area (Å²) in [5.74, 6) is -0.498. The zero-order valence-electron chi connectivity index (χ0n) is 15.5. The van der Waals surface area contributed by atoms with Crippen molar-refractivity contribution >= 4 is 11.6 Å². The zero-order chi connectivity index (χ0) is 19.7. The van der Waals surface area contributed by atoms with E-state index in [2.05, 4.69) is 5.32 Å². The van der Waals surface area contributed by atoms with Gasteiger partial charge >= 0.3 is 0 Å². The third-order valence-corrected chi connectivity index (χ3v) is 5.48. The smallest absolute Gasteiger partial charge is 0.255 e. The summed E-state index contributed by atoms with van der Waals surface area (Å²) in [4.78, 5) is 24.4. The van der Waals surface area contributed by atoms with Crippen molar-refractivity contribution in [1.29, 1.82) is 0 Å². The summed E-state index contributed by atoms with van der Waals surface area (Å²) in [6.45, 7) is 0.710. The van der Waals surface area contributed by atoms with Gasteiger partial charge in [-0.2, -0.15) is 0 Å². The molecule has 0 radical (unpaired) electrons. The molecular formula is C21H24FN3O3. The van der Waals surface area contributed by atoms with E-state index in [4.69, 9.17) is 10.5 Å². The molecule has 4 rings (SSSR count). The topological polar surface area (TPSA) is 86.4 Å². The van der Waals surface area contributed by atoms with Gasteiger partial charge in [0.25, 0.3) is 5.56 Å². The fourth-order valence-corrected chi connectivity index (χ4v) is 3.61. The van der Waals surface area contributed by atoms with Crippen LogP contribution >= 0.6 is 0 Å². The molecule has 2 aliphatic carbocycles. The lowest BCUT2D eigenvalue weighted by molar-refractivity contribution is -0.120. The summed E-state index contributed by atoms with van der Waals surface area (Å²) in [5, 5.41) is 2.65. The van der Waals surface area contributed by atoms with E-state index in [-0.39, 0.29) is 35.2 Å². The van der Waals surface area contributed by atoms with Gasteiger partial charge < -0.3 is 15.8 Å². The molecule has 1 amide bonds. The number of carbonyl (C=O) groups excluding carboxylic acids is 1. The Morgan fingerprint density at radius 1 is 1.25 bits per heavy atom. The lowest BCUT2D eigenvalue weighted by Crippen LogP contribution is -2.31. The van der Waals surface area contributed by atoms with Crippen LogP contribution in [0.4, 0.5) is 10.1 Å². The summed E-state index contributed by atoms with van der Waals surface area (Å²) in [6.07, 6.45) is 4.94. The lowest BCUT2D eigenvalue weighted by Gasteiger charge is -2.15. The van der Waals surface area contributed by atoms with Gasteiger partial charge in [-0.25, -0.2) is 4.39 Å². The van der Waals surface area contributed by atoms with E-state index in [1.807, 2.05) is 0 Å². The Morgan fingerprint density at radius 3 is 2.79 bits per heavy atom. The number of ether oxygens (including phenoxy) is 1. The molecule has 148 valence electrons. The predicted octanol–water partition coefficient (Wildman–Crippen LogP) is 2.45. The molecule has 2 fully saturated rings. The standard InChI is InChI=1S/C21H24FN3O3/c22-16-11-15(25-8-2-1-3-20(25)26)6-7-18(16)24-21(27)14-9-17(23)19(10-14)28-12-13-4-5-13/h1-3,6-8,11,13-14,17,19H,4-5,9-10,12,23H2,(H,24,27)/t14-,17+,19+/m1/s1. The first-order valence-electron chi connectivity index (χ1n) is 9.67. The average Bonchev–Trinajstić information content (AvgIpc) is 3.43. The van der Waals surface area contributed by atoms with Crippen LogP contribution in [0.1, 0.15) is 25.7 Å². The molecule has 28 heavy (non-hydrogen) atoms. The zero-order valence-corrected chi connectivity index (χ0v) is 15.5. The fourth-order valence-electron chi connectivity index (χ4n) is 3.61. The monoisotopic (exact) mass is 385 g/mol. The number of benzene rings is 1. The van der Waals surface area contributed by atoms with Crippen LogP contribution in [0.3, 0.4) is 0 Å². The maximum absolute atomic E-state index is 14.5. The van der Waals surface area contributed by atoms with Crippen molar-refractivity contribution in [2.45, 2.75) is 37.8 Å². The highest BCUT2D eigenvalue weighted by molar-refractivity contribution is 5.93. The van der Waals surface area contributed by atoms with Gasteiger partial charge in [-0.1, -0.05) is 6.07 Å². The van der Waals surface area contributed by atoms with E-state index in [9.17, 15) is 14.0 Å². The molecule has 1 heterocycles. The molecule has 1 aromatic heterocycles. The second-order valence-electron chi connectivity index (χ2n) is 7.71. The van der Waals surface area contributed by atoms with Crippen molar-refractivity contribution in [3.8, 4) is 5.69 Å². The maximum Gasteiger partial charge on any atom is 0.255 e. The van der Waals surface area contributed by atoms with Crippen LogP contribution in [0.25, 0.3) is 5.69 Å². The molecular weight excluding hydrogens is 361 g/mol. The molecule has 0 unspecified atom stereocenters. The molecule has 2 saturated carbocycles. The van der Waals surface area contributed by atoms with E-state index in [0.717, 1.165) is 0 Å². The number of amides is 1. The lowest BCUT2D eigenvalue weighted by atomic mass is 10.1. The molecule has 0 saturated heterocycles. The molecule has 2 aliphatic rings. The Hall–Kier alpha value is -2.51. The van der Waals surface area contributed by atoms with Crippen molar-refractivity contribution in [3.05, 3.63) is 58.8 Å². The summed E-state index contributed by atoms with van der Waals surface area (Å²) >= 11 is 0. The van der Waals surface area contributed by atoms with Crippen LogP contribution in [0.15, 0.2) is 47.4 Å². The average molecular weight is 385 g/mol. The molecule has 7 heteroatoms. The molecule has 3 atom stereocenters. The minimum Gasteiger partial charge on any atom is -0.376 e. The van der Waals surface area contributed by atoms with Gasteiger partial charge in [0.15, 0.2) is 0 Å². The number of nitrogens with one attached hydrogen (secondary N) is 1. The number of rotatable bonds is 6. The minimum absolute atomic E-state index is 0.0913. The predicted molar refractivity (Wildman–Crippen MR) is 104 cm³/mol. The van der Waals surface area contributed by atoms with Crippen molar-refractivity contribution in [1.82, 2.24) is 4.57 Å². The normalized spacial score (nSPS) is 24.3. The first-order valence-corrected chi connectivity index (χ1v) is 9.67. The molecule has 0 aliphatic heterocycles. The number of anilines is 1. The quantitative estimate of drug-likeness (QED) is 0.800. The first-order chi connectivity index (χ1) is 13.5. The number of hydrogen-bond acceptors (Lipinski definition) is 4. The summed E-state index contributed by atoms with van der Waals surface area (Å²) in [6, 6.07) is 8.85. The van der Waals surface area contributed by atoms with E-state index >= 15 is 0 Å². The molecule has 2 aromatic rings. The number of nitrogens with two attached hydrogens (primary N) is 1. The first kappa shape index (κ1) is 18.8. The Labute approximate surface area is 162 Å². The van der Waals surface area contributed by atoms with Crippen molar-refractivity contribution < 1.29 is 13.9 Å². The van der Waals surface area contributed by atoms with Gasteiger partial charge in [0.1, 0.15) is 5.82 Å². The Balaban J connectivity index is 1.40. The number of halogens is 1. The van der Waals surface area contributed by atoms with Gasteiger partial charge in [0, 0.05) is 36.9 Å². The van der Waals surface area contributed by atoms with Crippen molar-refractivity contribution in [2.75, 3.05) is 11.9 Å². The third kappa shape index (κ3) is 4.15. The van der Waals surface area contributed by atoms with E-state index in [0.29, 0.717) is 31.1 Å². The van der Waals surface area contributed by atoms with Gasteiger partial charge in [-0.05, 0) is 49.8 Å².